The van der Waals surface area contributed by atoms with Crippen LogP contribution in [0, 0.1) is 11.3 Å². The van der Waals surface area contributed by atoms with Gasteiger partial charge >= 0.3 is 0 Å². The maximum atomic E-state index is 8.82. The molecular formula is C15H15NS2. The Labute approximate surface area is 116 Å². The second-order valence-corrected chi connectivity index (χ2v) is 6.12. The van der Waals surface area contributed by atoms with E-state index in [1.807, 2.05) is 23.2 Å². The van der Waals surface area contributed by atoms with E-state index in [0.29, 0.717) is 0 Å². The van der Waals surface area contributed by atoms with E-state index in [1.165, 1.54) is 29.1 Å². The normalized spacial score (nSPS) is 10.2. The molecule has 0 radical (unpaired) electrons. The van der Waals surface area contributed by atoms with Crippen molar-refractivity contribution < 1.29 is 0 Å². The lowest BCUT2D eigenvalue weighted by atomic mass is 10.2. The first-order valence-electron chi connectivity index (χ1n) is 6.05. The molecule has 0 N–H and O–H groups in total. The molecule has 1 aromatic heterocycles. The second-order valence-electron chi connectivity index (χ2n) is 4.04. The van der Waals surface area contributed by atoms with Gasteiger partial charge in [-0.25, -0.2) is 0 Å². The van der Waals surface area contributed by atoms with Gasteiger partial charge in [0, 0.05) is 15.2 Å². The topological polar surface area (TPSA) is 23.8 Å². The molecule has 1 aromatic carbocycles. The number of nitrogens with zero attached hydrogens (tertiary/aromatic N) is 1. The number of hydrogen-bond acceptors (Lipinski definition) is 3. The number of thioether (sulfide) groups is 1. The van der Waals surface area contributed by atoms with Crippen LogP contribution in [0.15, 0.2) is 40.6 Å². The van der Waals surface area contributed by atoms with Crippen LogP contribution in [0.2, 0.25) is 0 Å². The highest BCUT2D eigenvalue weighted by molar-refractivity contribution is 7.99. The van der Waals surface area contributed by atoms with Gasteiger partial charge in [-0.3, -0.25) is 0 Å². The quantitative estimate of drug-likeness (QED) is 0.553. The van der Waals surface area contributed by atoms with Crippen LogP contribution in [0.5, 0.6) is 0 Å². The molecule has 0 atom stereocenters. The summed E-state index contributed by atoms with van der Waals surface area (Å²) >= 11 is 3.53. The Hall–Kier alpha value is -1.24. The van der Waals surface area contributed by atoms with Crippen molar-refractivity contribution in [2.45, 2.75) is 24.7 Å². The molecule has 3 heteroatoms. The molecule has 0 spiro atoms. The molecule has 2 rings (SSSR count). The van der Waals surface area contributed by atoms with Gasteiger partial charge in [0.15, 0.2) is 0 Å². The Morgan fingerprint density at radius 3 is 2.67 bits per heavy atom. The van der Waals surface area contributed by atoms with Crippen LogP contribution in [0.1, 0.15) is 25.3 Å². The van der Waals surface area contributed by atoms with E-state index in [0.717, 1.165) is 10.4 Å². The summed E-state index contributed by atoms with van der Waals surface area (Å²) in [4.78, 5) is 2.49. The fourth-order valence-electron chi connectivity index (χ4n) is 1.60. The molecule has 0 aliphatic carbocycles. The molecule has 1 heterocycles. The number of nitriles is 1. The summed E-state index contributed by atoms with van der Waals surface area (Å²) in [5.41, 5.74) is 1.94. The number of unbranched alkanes of at least 4 members (excludes halogenated alkanes) is 1. The van der Waals surface area contributed by atoms with Gasteiger partial charge in [0.25, 0.3) is 0 Å². The Bertz CT molecular complexity index is 534. The van der Waals surface area contributed by atoms with Crippen LogP contribution in [0.4, 0.5) is 0 Å². The molecule has 0 saturated heterocycles. The maximum Gasteiger partial charge on any atom is 0.100 e. The summed E-state index contributed by atoms with van der Waals surface area (Å²) in [7, 11) is 0. The zero-order chi connectivity index (χ0) is 12.8. The van der Waals surface area contributed by atoms with E-state index in [1.54, 1.807) is 11.3 Å². The third kappa shape index (κ3) is 3.38. The Morgan fingerprint density at radius 1 is 1.28 bits per heavy atom. The number of rotatable bonds is 5. The van der Waals surface area contributed by atoms with Gasteiger partial charge in [-0.05, 0) is 35.9 Å². The van der Waals surface area contributed by atoms with E-state index in [9.17, 15) is 0 Å². The van der Waals surface area contributed by atoms with Crippen LogP contribution < -0.4 is 0 Å². The van der Waals surface area contributed by atoms with Crippen molar-refractivity contribution in [1.82, 2.24) is 0 Å². The minimum Gasteiger partial charge on any atom is -0.192 e. The summed E-state index contributed by atoms with van der Waals surface area (Å²) in [6, 6.07) is 12.7. The summed E-state index contributed by atoms with van der Waals surface area (Å²) in [5, 5.41) is 10.7. The molecule has 1 nitrogen and oxygen atoms in total. The molecular weight excluding hydrogens is 258 g/mol. The number of benzene rings is 1. The largest absolute Gasteiger partial charge is 0.192 e. The van der Waals surface area contributed by atoms with Gasteiger partial charge in [0.1, 0.15) is 6.07 Å². The van der Waals surface area contributed by atoms with E-state index in [2.05, 4.69) is 37.3 Å². The third-order valence-corrected chi connectivity index (χ3v) is 4.71. The smallest absolute Gasteiger partial charge is 0.100 e. The highest BCUT2D eigenvalue weighted by atomic mass is 32.2. The third-order valence-electron chi connectivity index (χ3n) is 2.63. The van der Waals surface area contributed by atoms with Crippen LogP contribution in [0.3, 0.4) is 0 Å². The van der Waals surface area contributed by atoms with E-state index >= 15 is 0 Å². The van der Waals surface area contributed by atoms with Crippen molar-refractivity contribution in [2.75, 3.05) is 5.75 Å². The van der Waals surface area contributed by atoms with Crippen LogP contribution >= 0.6 is 23.1 Å². The lowest BCUT2D eigenvalue weighted by Gasteiger charge is -2.02. The summed E-state index contributed by atoms with van der Waals surface area (Å²) in [6.45, 7) is 2.22. The van der Waals surface area contributed by atoms with Gasteiger partial charge < -0.3 is 0 Å². The molecule has 0 aliphatic heterocycles. The Morgan fingerprint density at radius 2 is 2.06 bits per heavy atom. The fourth-order valence-corrected chi connectivity index (χ4v) is 3.44. The van der Waals surface area contributed by atoms with Gasteiger partial charge in [-0.2, -0.15) is 5.26 Å². The fraction of sp³-hybridized carbons (Fsp3) is 0.267. The highest BCUT2D eigenvalue weighted by Gasteiger charge is 2.02. The SMILES string of the molecule is CCCCSc1ccc(-c2cc(C#N)cs2)cc1. The molecule has 0 unspecified atom stereocenters. The highest BCUT2D eigenvalue weighted by Crippen LogP contribution is 2.29. The molecule has 2 aromatic rings. The van der Waals surface area contributed by atoms with Crippen LogP contribution in [0.25, 0.3) is 10.4 Å². The van der Waals surface area contributed by atoms with Crippen molar-refractivity contribution in [3.63, 3.8) is 0 Å². The predicted octanol–water partition coefficient (Wildman–Crippen LogP) is 5.18. The Kier molecular flexibility index (Phi) is 4.86. The maximum absolute atomic E-state index is 8.82. The summed E-state index contributed by atoms with van der Waals surface area (Å²) < 4.78 is 0. The minimum absolute atomic E-state index is 0.747. The predicted molar refractivity (Wildman–Crippen MR) is 80.1 cm³/mol. The number of hydrogen-bond donors (Lipinski definition) is 0. The average Bonchev–Trinajstić information content (AvgIpc) is 2.89. The standard InChI is InChI=1S/C15H15NS2/c1-2-3-8-17-14-6-4-13(5-7-14)15-9-12(10-16)11-18-15/h4-7,9,11H,2-3,8H2,1H3. The summed E-state index contributed by atoms with van der Waals surface area (Å²) in [5.74, 6) is 1.19. The van der Waals surface area contributed by atoms with Gasteiger partial charge in [0.05, 0.1) is 5.56 Å². The molecule has 0 amide bonds. The molecule has 0 bridgehead atoms. The van der Waals surface area contributed by atoms with Crippen LogP contribution in [-0.4, -0.2) is 5.75 Å². The van der Waals surface area contributed by atoms with Gasteiger partial charge in [0.2, 0.25) is 0 Å². The van der Waals surface area contributed by atoms with Crippen molar-refractivity contribution in [3.05, 3.63) is 41.3 Å². The first-order chi connectivity index (χ1) is 8.83. The molecule has 0 aliphatic rings. The first-order valence-corrected chi connectivity index (χ1v) is 7.92. The van der Waals surface area contributed by atoms with E-state index in [4.69, 9.17) is 5.26 Å². The van der Waals surface area contributed by atoms with Crippen molar-refractivity contribution in [3.8, 4) is 16.5 Å². The molecule has 92 valence electrons. The first kappa shape index (κ1) is 13.2. The monoisotopic (exact) mass is 273 g/mol. The van der Waals surface area contributed by atoms with Crippen LogP contribution in [-0.2, 0) is 0 Å². The van der Waals surface area contributed by atoms with Crippen molar-refractivity contribution >= 4 is 23.1 Å². The molecule has 18 heavy (non-hydrogen) atoms. The summed E-state index contributed by atoms with van der Waals surface area (Å²) in [6.07, 6.45) is 2.51. The van der Waals surface area contributed by atoms with E-state index in [-0.39, 0.29) is 0 Å². The lowest BCUT2D eigenvalue weighted by Crippen LogP contribution is -1.79. The minimum atomic E-state index is 0.747. The molecule has 0 fully saturated rings. The van der Waals surface area contributed by atoms with E-state index < -0.39 is 0 Å². The van der Waals surface area contributed by atoms with Gasteiger partial charge in [-0.1, -0.05) is 25.5 Å². The average molecular weight is 273 g/mol. The molecule has 0 saturated carbocycles. The van der Waals surface area contributed by atoms with Crippen molar-refractivity contribution in [2.24, 2.45) is 0 Å². The zero-order valence-electron chi connectivity index (χ0n) is 10.3. The number of thiophene rings is 1. The van der Waals surface area contributed by atoms with Crippen molar-refractivity contribution in [1.29, 1.82) is 5.26 Å². The second kappa shape index (κ2) is 6.63. The van der Waals surface area contributed by atoms with Gasteiger partial charge in [-0.15, -0.1) is 23.1 Å². The lowest BCUT2D eigenvalue weighted by molar-refractivity contribution is 0.896. The zero-order valence-corrected chi connectivity index (χ0v) is 12.0. The Balaban J connectivity index is 2.05.